The minimum atomic E-state index is -0.157. The largest absolute Gasteiger partial charge is 0.494 e. The molecule has 3 rings (SSSR count). The quantitative estimate of drug-likeness (QED) is 0.771. The van der Waals surface area contributed by atoms with Gasteiger partial charge in [0.2, 0.25) is 0 Å². The van der Waals surface area contributed by atoms with E-state index in [2.05, 4.69) is 15.3 Å². The number of fused-ring (bicyclic) bond motifs is 1. The van der Waals surface area contributed by atoms with E-state index < -0.39 is 0 Å². The molecule has 0 aliphatic heterocycles. The number of anilines is 1. The second-order valence-corrected chi connectivity index (χ2v) is 4.55. The second-order valence-electron chi connectivity index (χ2n) is 4.55. The van der Waals surface area contributed by atoms with Crippen LogP contribution in [0.3, 0.4) is 0 Å². The monoisotopic (exact) mass is 281 g/mol. The summed E-state index contributed by atoms with van der Waals surface area (Å²) in [7, 11) is 0. The number of ether oxygens (including phenoxy) is 1. The summed E-state index contributed by atoms with van der Waals surface area (Å²) in [6, 6.07) is 12.7. The lowest BCUT2D eigenvalue weighted by molar-refractivity contribution is 0.102. The molecular weight excluding hydrogens is 266 g/mol. The van der Waals surface area contributed by atoms with E-state index in [0.29, 0.717) is 12.2 Å². The van der Waals surface area contributed by atoms with E-state index >= 15 is 0 Å². The molecule has 0 saturated carbocycles. The zero-order valence-electron chi connectivity index (χ0n) is 11.6. The van der Waals surface area contributed by atoms with Crippen molar-refractivity contribution < 1.29 is 9.53 Å². The normalized spacial score (nSPS) is 10.5. The molecule has 1 heterocycles. The molecule has 0 aliphatic carbocycles. The van der Waals surface area contributed by atoms with Gasteiger partial charge in [-0.3, -0.25) is 4.79 Å². The summed E-state index contributed by atoms with van der Waals surface area (Å²) in [6.07, 6.45) is 1.61. The van der Waals surface area contributed by atoms with Gasteiger partial charge in [0.15, 0.2) is 0 Å². The van der Waals surface area contributed by atoms with Gasteiger partial charge in [-0.2, -0.15) is 0 Å². The van der Waals surface area contributed by atoms with Gasteiger partial charge >= 0.3 is 0 Å². The molecule has 5 nitrogen and oxygen atoms in total. The lowest BCUT2D eigenvalue weighted by Crippen LogP contribution is -2.11. The highest BCUT2D eigenvalue weighted by atomic mass is 16.5. The zero-order chi connectivity index (χ0) is 14.7. The standard InChI is InChI=1S/C16H15N3O2/c1-2-21-13-6-4-12(5-7-13)19-16(20)11-3-8-14-15(9-11)18-10-17-14/h3-10H,2H2,1H3,(H,17,18)(H,19,20). The number of H-pyrrole nitrogens is 1. The van der Waals surface area contributed by atoms with Crippen LogP contribution in [0, 0.1) is 0 Å². The number of aromatic amines is 1. The molecule has 2 aromatic carbocycles. The van der Waals surface area contributed by atoms with Crippen molar-refractivity contribution in [2.45, 2.75) is 6.92 Å². The average molecular weight is 281 g/mol. The highest BCUT2D eigenvalue weighted by Crippen LogP contribution is 2.17. The van der Waals surface area contributed by atoms with Gasteiger partial charge in [0, 0.05) is 11.3 Å². The molecule has 0 radical (unpaired) electrons. The second kappa shape index (κ2) is 5.66. The molecule has 1 aromatic heterocycles. The van der Waals surface area contributed by atoms with E-state index in [1.807, 2.05) is 37.3 Å². The summed E-state index contributed by atoms with van der Waals surface area (Å²) >= 11 is 0. The van der Waals surface area contributed by atoms with Crippen molar-refractivity contribution >= 4 is 22.6 Å². The van der Waals surface area contributed by atoms with Crippen molar-refractivity contribution in [2.75, 3.05) is 11.9 Å². The van der Waals surface area contributed by atoms with Crippen LogP contribution in [0.4, 0.5) is 5.69 Å². The molecule has 0 bridgehead atoms. The number of hydrogen-bond acceptors (Lipinski definition) is 3. The van der Waals surface area contributed by atoms with Crippen molar-refractivity contribution in [3.8, 4) is 5.75 Å². The molecule has 1 amide bonds. The predicted octanol–water partition coefficient (Wildman–Crippen LogP) is 3.21. The summed E-state index contributed by atoms with van der Waals surface area (Å²) < 4.78 is 5.37. The van der Waals surface area contributed by atoms with Crippen molar-refractivity contribution in [2.24, 2.45) is 0 Å². The Labute approximate surface area is 122 Å². The zero-order valence-corrected chi connectivity index (χ0v) is 11.6. The van der Waals surface area contributed by atoms with Gasteiger partial charge in [-0.15, -0.1) is 0 Å². The lowest BCUT2D eigenvalue weighted by Gasteiger charge is -2.07. The van der Waals surface area contributed by atoms with Crippen LogP contribution in [0.15, 0.2) is 48.8 Å². The minimum absolute atomic E-state index is 0.157. The van der Waals surface area contributed by atoms with Crippen LogP contribution in [0.25, 0.3) is 11.0 Å². The Morgan fingerprint density at radius 2 is 2.05 bits per heavy atom. The number of imidazole rings is 1. The highest BCUT2D eigenvalue weighted by Gasteiger charge is 2.08. The molecule has 21 heavy (non-hydrogen) atoms. The molecule has 0 saturated heterocycles. The fraction of sp³-hybridized carbons (Fsp3) is 0.125. The Balaban J connectivity index is 1.75. The molecule has 5 heteroatoms. The molecular formula is C16H15N3O2. The summed E-state index contributed by atoms with van der Waals surface area (Å²) in [6.45, 7) is 2.55. The Morgan fingerprint density at radius 3 is 2.81 bits per heavy atom. The fourth-order valence-corrected chi connectivity index (χ4v) is 2.08. The topological polar surface area (TPSA) is 67.0 Å². The van der Waals surface area contributed by atoms with Crippen LogP contribution in [0.5, 0.6) is 5.75 Å². The molecule has 0 spiro atoms. The number of nitrogens with one attached hydrogen (secondary N) is 2. The number of rotatable bonds is 4. The van der Waals surface area contributed by atoms with Gasteiger partial charge in [0.1, 0.15) is 5.75 Å². The van der Waals surface area contributed by atoms with Crippen molar-refractivity contribution in [1.29, 1.82) is 0 Å². The van der Waals surface area contributed by atoms with Gasteiger partial charge in [0.05, 0.1) is 24.0 Å². The third kappa shape index (κ3) is 2.86. The Morgan fingerprint density at radius 1 is 1.24 bits per heavy atom. The minimum Gasteiger partial charge on any atom is -0.494 e. The fourth-order valence-electron chi connectivity index (χ4n) is 2.08. The maximum atomic E-state index is 12.2. The number of benzene rings is 2. The number of amides is 1. The molecule has 0 unspecified atom stereocenters. The van der Waals surface area contributed by atoms with Gasteiger partial charge in [-0.1, -0.05) is 0 Å². The maximum Gasteiger partial charge on any atom is 0.255 e. The lowest BCUT2D eigenvalue weighted by atomic mass is 10.2. The molecule has 0 aliphatic rings. The summed E-state index contributed by atoms with van der Waals surface area (Å²) in [5, 5.41) is 2.86. The summed E-state index contributed by atoms with van der Waals surface area (Å²) in [4.78, 5) is 19.3. The van der Waals surface area contributed by atoms with Crippen LogP contribution in [-0.2, 0) is 0 Å². The van der Waals surface area contributed by atoms with Crippen molar-refractivity contribution in [3.05, 3.63) is 54.4 Å². The van der Waals surface area contributed by atoms with Crippen LogP contribution in [0.2, 0.25) is 0 Å². The average Bonchev–Trinajstić information content (AvgIpc) is 2.97. The molecule has 106 valence electrons. The Bertz CT molecular complexity index is 763. The summed E-state index contributed by atoms with van der Waals surface area (Å²) in [5.74, 6) is 0.630. The number of nitrogens with zero attached hydrogens (tertiary/aromatic N) is 1. The van der Waals surface area contributed by atoms with E-state index in [9.17, 15) is 4.79 Å². The third-order valence-electron chi connectivity index (χ3n) is 3.11. The first-order chi connectivity index (χ1) is 10.3. The van der Waals surface area contributed by atoms with E-state index in [-0.39, 0.29) is 5.91 Å². The Kier molecular flexibility index (Phi) is 3.55. The van der Waals surface area contributed by atoms with E-state index in [4.69, 9.17) is 4.74 Å². The molecule has 0 atom stereocenters. The van der Waals surface area contributed by atoms with E-state index in [1.54, 1.807) is 18.5 Å². The first-order valence-electron chi connectivity index (χ1n) is 6.73. The van der Waals surface area contributed by atoms with Crippen LogP contribution in [0.1, 0.15) is 17.3 Å². The first-order valence-corrected chi connectivity index (χ1v) is 6.73. The number of hydrogen-bond donors (Lipinski definition) is 2. The number of carbonyl (C=O) groups excluding carboxylic acids is 1. The van der Waals surface area contributed by atoms with Gasteiger partial charge < -0.3 is 15.0 Å². The SMILES string of the molecule is CCOc1ccc(NC(=O)c2ccc3nc[nH]c3c2)cc1. The van der Waals surface area contributed by atoms with Crippen LogP contribution in [-0.4, -0.2) is 22.5 Å². The first kappa shape index (κ1) is 13.2. The Hall–Kier alpha value is -2.82. The van der Waals surface area contributed by atoms with Gasteiger partial charge in [-0.05, 0) is 49.4 Å². The molecule has 3 aromatic rings. The number of aromatic nitrogens is 2. The van der Waals surface area contributed by atoms with Gasteiger partial charge in [0.25, 0.3) is 5.91 Å². The predicted molar refractivity (Wildman–Crippen MR) is 81.7 cm³/mol. The van der Waals surface area contributed by atoms with E-state index in [1.165, 1.54) is 0 Å². The van der Waals surface area contributed by atoms with E-state index in [0.717, 1.165) is 22.5 Å². The molecule has 0 fully saturated rings. The maximum absolute atomic E-state index is 12.2. The smallest absolute Gasteiger partial charge is 0.255 e. The van der Waals surface area contributed by atoms with Crippen molar-refractivity contribution in [1.82, 2.24) is 9.97 Å². The van der Waals surface area contributed by atoms with Crippen LogP contribution < -0.4 is 10.1 Å². The number of carbonyl (C=O) groups is 1. The molecule has 2 N–H and O–H groups in total. The summed E-state index contributed by atoms with van der Waals surface area (Å²) in [5.41, 5.74) is 3.00. The van der Waals surface area contributed by atoms with Crippen molar-refractivity contribution in [3.63, 3.8) is 0 Å². The highest BCUT2D eigenvalue weighted by molar-refractivity contribution is 6.05. The van der Waals surface area contributed by atoms with Crippen LogP contribution >= 0.6 is 0 Å². The third-order valence-corrected chi connectivity index (χ3v) is 3.11. The van der Waals surface area contributed by atoms with Gasteiger partial charge in [-0.25, -0.2) is 4.98 Å².